The molecular weight excluding hydrogens is 384 g/mol. The zero-order valence-electron chi connectivity index (χ0n) is 13.3. The fourth-order valence-electron chi connectivity index (χ4n) is 2.91. The highest BCUT2D eigenvalue weighted by Gasteiger charge is 2.33. The van der Waals surface area contributed by atoms with Crippen molar-refractivity contribution in [2.24, 2.45) is 0 Å². The molecule has 2 fully saturated rings. The van der Waals surface area contributed by atoms with Crippen LogP contribution in [0.3, 0.4) is 0 Å². The number of carbonyl (C=O) groups excluding carboxylic acids is 1. The third kappa shape index (κ3) is 3.33. The van der Waals surface area contributed by atoms with Crippen LogP contribution >= 0.6 is 22.9 Å². The Hall–Kier alpha value is -1.42. The molecule has 0 bridgehead atoms. The van der Waals surface area contributed by atoms with Gasteiger partial charge in [-0.25, -0.2) is 8.42 Å². The summed E-state index contributed by atoms with van der Waals surface area (Å²) in [5.41, 5.74) is 1.42. The molecule has 10 heteroatoms. The minimum atomic E-state index is -3.55. The number of nitrogens with zero attached hydrogens (tertiary/aromatic N) is 3. The summed E-state index contributed by atoms with van der Waals surface area (Å²) in [7, 11) is -3.55. The van der Waals surface area contributed by atoms with Gasteiger partial charge in [0.15, 0.2) is 0 Å². The smallest absolute Gasteiger partial charge is 0.274 e. The molecule has 0 spiro atoms. The molecule has 1 saturated carbocycles. The third-order valence-electron chi connectivity index (χ3n) is 4.50. The number of hydrogen-bond acceptors (Lipinski definition) is 5. The molecule has 1 amide bonds. The molecule has 1 aliphatic carbocycles. The third-order valence-corrected chi connectivity index (χ3v) is 8.10. The van der Waals surface area contributed by atoms with Gasteiger partial charge in [-0.15, -0.1) is 11.3 Å². The molecule has 0 unspecified atom stereocenters. The van der Waals surface area contributed by atoms with Crippen molar-refractivity contribution in [3.63, 3.8) is 0 Å². The molecule has 134 valence electrons. The number of rotatable bonds is 4. The highest BCUT2D eigenvalue weighted by molar-refractivity contribution is 7.91. The highest BCUT2D eigenvalue weighted by Crippen LogP contribution is 2.39. The number of aromatic amines is 1. The molecule has 2 aliphatic rings. The fraction of sp³-hybridized carbons (Fsp3) is 0.467. The average molecular weight is 401 g/mol. The van der Waals surface area contributed by atoms with E-state index in [0.717, 1.165) is 29.9 Å². The molecule has 0 radical (unpaired) electrons. The Bertz CT molecular complexity index is 896. The number of piperazine rings is 1. The Morgan fingerprint density at radius 2 is 1.96 bits per heavy atom. The molecule has 2 aromatic rings. The van der Waals surface area contributed by atoms with E-state index in [1.807, 2.05) is 6.07 Å². The fourth-order valence-corrected chi connectivity index (χ4v) is 5.97. The Kier molecular flexibility index (Phi) is 4.35. The minimum absolute atomic E-state index is 0.153. The zero-order chi connectivity index (χ0) is 17.6. The largest absolute Gasteiger partial charge is 0.335 e. The van der Waals surface area contributed by atoms with Crippen molar-refractivity contribution < 1.29 is 13.2 Å². The topological polar surface area (TPSA) is 86.4 Å². The number of amides is 1. The van der Waals surface area contributed by atoms with Crippen molar-refractivity contribution in [2.75, 3.05) is 26.2 Å². The predicted octanol–water partition coefficient (Wildman–Crippen LogP) is 2.15. The van der Waals surface area contributed by atoms with E-state index in [0.29, 0.717) is 29.0 Å². The molecule has 1 N–H and O–H groups in total. The van der Waals surface area contributed by atoms with E-state index in [9.17, 15) is 13.2 Å². The van der Waals surface area contributed by atoms with Crippen LogP contribution in [-0.2, 0) is 10.0 Å². The standard InChI is InChI=1S/C15H17ClN4O3S2/c16-13-3-4-14(24-13)25(22,23)20-7-5-19(6-8-20)15(21)12-9-11(17-18-12)10-1-2-10/h3-4,9-10H,1-2,5-8H2,(H,17,18). The first-order valence-corrected chi connectivity index (χ1v) is 10.7. The van der Waals surface area contributed by atoms with Crippen molar-refractivity contribution >= 4 is 38.9 Å². The second kappa shape index (κ2) is 6.39. The highest BCUT2D eigenvalue weighted by atomic mass is 35.5. The maximum absolute atomic E-state index is 12.6. The van der Waals surface area contributed by atoms with Crippen LogP contribution in [0.5, 0.6) is 0 Å². The van der Waals surface area contributed by atoms with Crippen LogP contribution in [0.15, 0.2) is 22.4 Å². The Morgan fingerprint density at radius 1 is 1.24 bits per heavy atom. The summed E-state index contributed by atoms with van der Waals surface area (Å²) >= 11 is 6.88. The number of carbonyl (C=O) groups is 1. The number of halogens is 1. The molecule has 7 nitrogen and oxygen atoms in total. The van der Waals surface area contributed by atoms with Crippen LogP contribution in [0.25, 0.3) is 0 Å². The van der Waals surface area contributed by atoms with Gasteiger partial charge in [-0.1, -0.05) is 11.6 Å². The van der Waals surface area contributed by atoms with Crippen molar-refractivity contribution in [2.45, 2.75) is 23.0 Å². The second-order valence-electron chi connectivity index (χ2n) is 6.24. The van der Waals surface area contributed by atoms with Crippen LogP contribution < -0.4 is 0 Å². The van der Waals surface area contributed by atoms with E-state index < -0.39 is 10.0 Å². The summed E-state index contributed by atoms with van der Waals surface area (Å²) in [6, 6.07) is 4.91. The first-order valence-electron chi connectivity index (χ1n) is 8.05. The molecule has 4 rings (SSSR count). The van der Waals surface area contributed by atoms with E-state index >= 15 is 0 Å². The van der Waals surface area contributed by atoms with Gasteiger partial charge in [0, 0.05) is 37.8 Å². The van der Waals surface area contributed by atoms with Crippen molar-refractivity contribution in [1.29, 1.82) is 0 Å². The maximum Gasteiger partial charge on any atom is 0.274 e. The summed E-state index contributed by atoms with van der Waals surface area (Å²) in [6.07, 6.45) is 2.28. The van der Waals surface area contributed by atoms with Crippen LogP contribution in [0, 0.1) is 0 Å². The predicted molar refractivity (Wildman–Crippen MR) is 94.6 cm³/mol. The molecule has 25 heavy (non-hydrogen) atoms. The van der Waals surface area contributed by atoms with Gasteiger partial charge >= 0.3 is 0 Å². The Balaban J connectivity index is 1.41. The van der Waals surface area contributed by atoms with E-state index in [1.165, 1.54) is 10.4 Å². The molecule has 2 aromatic heterocycles. The zero-order valence-corrected chi connectivity index (χ0v) is 15.7. The van der Waals surface area contributed by atoms with Gasteiger partial charge in [-0.3, -0.25) is 9.89 Å². The SMILES string of the molecule is O=C(c1cc(C2CC2)[nH]n1)N1CCN(S(=O)(=O)c2ccc(Cl)s2)CC1. The average Bonchev–Trinajstić information content (AvgIpc) is 3.16. The van der Waals surface area contributed by atoms with E-state index in [4.69, 9.17) is 11.6 Å². The molecule has 3 heterocycles. The van der Waals surface area contributed by atoms with Gasteiger partial charge in [0.2, 0.25) is 0 Å². The lowest BCUT2D eigenvalue weighted by Gasteiger charge is -2.33. The van der Waals surface area contributed by atoms with Gasteiger partial charge in [0.25, 0.3) is 15.9 Å². The number of nitrogens with one attached hydrogen (secondary N) is 1. The van der Waals surface area contributed by atoms with Crippen LogP contribution in [0.2, 0.25) is 4.34 Å². The molecular formula is C15H17ClN4O3S2. The number of hydrogen-bond donors (Lipinski definition) is 1. The summed E-state index contributed by atoms with van der Waals surface area (Å²) < 4.78 is 27.3. The Labute approximate surface area is 154 Å². The second-order valence-corrected chi connectivity index (χ2v) is 10.1. The van der Waals surface area contributed by atoms with Crippen molar-refractivity contribution in [1.82, 2.24) is 19.4 Å². The number of aromatic nitrogens is 2. The lowest BCUT2D eigenvalue weighted by atomic mass is 10.2. The van der Waals surface area contributed by atoms with Crippen molar-refractivity contribution in [3.05, 3.63) is 33.9 Å². The Morgan fingerprint density at radius 3 is 2.56 bits per heavy atom. The lowest BCUT2D eigenvalue weighted by Crippen LogP contribution is -2.50. The minimum Gasteiger partial charge on any atom is -0.335 e. The van der Waals surface area contributed by atoms with Gasteiger partial charge in [-0.05, 0) is 31.0 Å². The van der Waals surface area contributed by atoms with E-state index in [-0.39, 0.29) is 23.2 Å². The van der Waals surface area contributed by atoms with E-state index in [2.05, 4.69) is 10.2 Å². The van der Waals surface area contributed by atoms with Crippen LogP contribution in [-0.4, -0.2) is 59.9 Å². The molecule has 0 aromatic carbocycles. The quantitative estimate of drug-likeness (QED) is 0.851. The summed E-state index contributed by atoms with van der Waals surface area (Å²) in [5.74, 6) is 0.355. The lowest BCUT2D eigenvalue weighted by molar-refractivity contribution is 0.0692. The van der Waals surface area contributed by atoms with Gasteiger partial charge < -0.3 is 4.90 Å². The molecule has 0 atom stereocenters. The number of sulfonamides is 1. The van der Waals surface area contributed by atoms with Crippen LogP contribution in [0.1, 0.15) is 34.9 Å². The van der Waals surface area contributed by atoms with Crippen molar-refractivity contribution in [3.8, 4) is 0 Å². The van der Waals surface area contributed by atoms with E-state index in [1.54, 1.807) is 11.0 Å². The van der Waals surface area contributed by atoms with Crippen LogP contribution in [0.4, 0.5) is 0 Å². The number of H-pyrrole nitrogens is 1. The first kappa shape index (κ1) is 17.0. The normalized spacial score (nSPS) is 19.3. The first-order chi connectivity index (χ1) is 11.9. The molecule has 1 saturated heterocycles. The molecule has 1 aliphatic heterocycles. The summed E-state index contributed by atoms with van der Waals surface area (Å²) in [4.78, 5) is 14.2. The summed E-state index contributed by atoms with van der Waals surface area (Å²) in [5, 5.41) is 7.04. The summed E-state index contributed by atoms with van der Waals surface area (Å²) in [6.45, 7) is 1.23. The van der Waals surface area contributed by atoms with Gasteiger partial charge in [0.1, 0.15) is 9.90 Å². The maximum atomic E-state index is 12.6. The monoisotopic (exact) mass is 400 g/mol. The van der Waals surface area contributed by atoms with Gasteiger partial charge in [-0.2, -0.15) is 9.40 Å². The number of thiophene rings is 1. The van der Waals surface area contributed by atoms with Gasteiger partial charge in [0.05, 0.1) is 4.34 Å².